The number of nitrogens with zero attached hydrogens (tertiary/aromatic N) is 2. The molecule has 0 aliphatic rings. The van der Waals surface area contributed by atoms with Gasteiger partial charge in [0.05, 0.1) is 7.11 Å². The Bertz CT molecular complexity index is 767. The quantitative estimate of drug-likeness (QED) is 0.825. The molecule has 0 fully saturated rings. The number of benzene rings is 1. The molecule has 9 nitrogen and oxygen atoms in total. The molecule has 2 N–H and O–H groups in total. The van der Waals surface area contributed by atoms with Crippen LogP contribution in [0.3, 0.4) is 0 Å². The van der Waals surface area contributed by atoms with Crippen molar-refractivity contribution in [2.45, 2.75) is 12.8 Å². The second kappa shape index (κ2) is 7.95. The highest BCUT2D eigenvalue weighted by Crippen LogP contribution is 2.18. The van der Waals surface area contributed by atoms with E-state index in [0.717, 1.165) is 0 Å². The van der Waals surface area contributed by atoms with Gasteiger partial charge in [0.15, 0.2) is 5.82 Å². The first kappa shape index (κ1) is 17.3. The van der Waals surface area contributed by atoms with Crippen molar-refractivity contribution in [1.82, 2.24) is 15.0 Å². The highest BCUT2D eigenvalue weighted by atomic mass is 16.5. The van der Waals surface area contributed by atoms with Crippen LogP contribution in [0, 0.1) is 0 Å². The number of amides is 2. The van der Waals surface area contributed by atoms with Crippen LogP contribution in [0.5, 0.6) is 0 Å². The highest BCUT2D eigenvalue weighted by Gasteiger charge is 2.10. The van der Waals surface area contributed by atoms with Crippen molar-refractivity contribution in [3.8, 4) is 11.4 Å². The number of hydrogen-bond donors (Lipinski definition) is 2. The zero-order chi connectivity index (χ0) is 17.5. The molecule has 9 heteroatoms. The number of aromatic nitrogens is 2. The Morgan fingerprint density at radius 3 is 2.88 bits per heavy atom. The van der Waals surface area contributed by atoms with E-state index in [2.05, 4.69) is 24.7 Å². The van der Waals surface area contributed by atoms with E-state index in [1.165, 1.54) is 12.0 Å². The first-order valence-electron chi connectivity index (χ1n) is 7.25. The van der Waals surface area contributed by atoms with Crippen LogP contribution in [0.25, 0.3) is 11.4 Å². The number of carbonyl (C=O) groups is 2. The van der Waals surface area contributed by atoms with Crippen molar-refractivity contribution < 1.29 is 18.8 Å². The molecular formula is C15H18N4O5. The van der Waals surface area contributed by atoms with Gasteiger partial charge in [0, 0.05) is 31.3 Å². The summed E-state index contributed by atoms with van der Waals surface area (Å²) in [6.45, 7) is 0.417. The van der Waals surface area contributed by atoms with Crippen LogP contribution in [-0.2, 0) is 9.53 Å². The average molecular weight is 334 g/mol. The SMILES string of the molecule is COC(=O)N(C)CCCC(=O)Nc1cccc(-c2noc(=O)[nH]2)c1. The van der Waals surface area contributed by atoms with Gasteiger partial charge in [-0.05, 0) is 18.6 Å². The van der Waals surface area contributed by atoms with E-state index in [1.54, 1.807) is 31.3 Å². The summed E-state index contributed by atoms with van der Waals surface area (Å²) in [5.74, 6) is -0.538. The van der Waals surface area contributed by atoms with Gasteiger partial charge in [0.25, 0.3) is 0 Å². The number of carbonyl (C=O) groups excluding carboxylic acids is 2. The molecule has 0 radical (unpaired) electrons. The van der Waals surface area contributed by atoms with Gasteiger partial charge in [-0.2, -0.15) is 0 Å². The average Bonchev–Trinajstić information content (AvgIpc) is 3.00. The fourth-order valence-corrected chi connectivity index (χ4v) is 2.05. The second-order valence-electron chi connectivity index (χ2n) is 5.07. The Kier molecular flexibility index (Phi) is 5.72. The Morgan fingerprint density at radius 2 is 2.21 bits per heavy atom. The van der Waals surface area contributed by atoms with Crippen LogP contribution in [0.2, 0.25) is 0 Å². The van der Waals surface area contributed by atoms with Crippen molar-refractivity contribution in [3.05, 3.63) is 34.8 Å². The molecule has 0 saturated carbocycles. The lowest BCUT2D eigenvalue weighted by atomic mass is 10.2. The number of ether oxygens (including phenoxy) is 1. The van der Waals surface area contributed by atoms with Gasteiger partial charge in [-0.15, -0.1) is 0 Å². The summed E-state index contributed by atoms with van der Waals surface area (Å²) in [6, 6.07) is 6.85. The molecule has 0 saturated heterocycles. The maximum atomic E-state index is 11.9. The van der Waals surface area contributed by atoms with Crippen LogP contribution < -0.4 is 11.1 Å². The fraction of sp³-hybridized carbons (Fsp3) is 0.333. The molecule has 1 aromatic carbocycles. The van der Waals surface area contributed by atoms with E-state index in [0.29, 0.717) is 24.2 Å². The number of hydrogen-bond acceptors (Lipinski definition) is 6. The lowest BCUT2D eigenvalue weighted by molar-refractivity contribution is -0.116. The Balaban J connectivity index is 1.88. The zero-order valence-electron chi connectivity index (χ0n) is 13.4. The van der Waals surface area contributed by atoms with Gasteiger partial charge in [0.1, 0.15) is 0 Å². The predicted octanol–water partition coefficient (Wildman–Crippen LogP) is 1.45. The first-order valence-corrected chi connectivity index (χ1v) is 7.25. The van der Waals surface area contributed by atoms with Crippen LogP contribution in [0.15, 0.2) is 33.6 Å². The number of aromatic amines is 1. The minimum Gasteiger partial charge on any atom is -0.453 e. The number of nitrogens with one attached hydrogen (secondary N) is 2. The van der Waals surface area contributed by atoms with E-state index >= 15 is 0 Å². The molecule has 2 aromatic rings. The Labute approximate surface area is 137 Å². The van der Waals surface area contributed by atoms with Gasteiger partial charge >= 0.3 is 11.8 Å². The van der Waals surface area contributed by atoms with Crippen molar-refractivity contribution in [3.63, 3.8) is 0 Å². The lowest BCUT2D eigenvalue weighted by Gasteiger charge is -2.14. The Morgan fingerprint density at radius 1 is 1.42 bits per heavy atom. The molecule has 0 spiro atoms. The maximum absolute atomic E-state index is 11.9. The van der Waals surface area contributed by atoms with E-state index in [9.17, 15) is 14.4 Å². The molecular weight excluding hydrogens is 316 g/mol. The summed E-state index contributed by atoms with van der Waals surface area (Å²) in [5.41, 5.74) is 1.19. The largest absolute Gasteiger partial charge is 0.453 e. The van der Waals surface area contributed by atoms with Crippen LogP contribution in [0.1, 0.15) is 12.8 Å². The van der Waals surface area contributed by atoms with E-state index in [1.807, 2.05) is 0 Å². The van der Waals surface area contributed by atoms with Crippen LogP contribution >= 0.6 is 0 Å². The van der Waals surface area contributed by atoms with Gasteiger partial charge in [0.2, 0.25) is 5.91 Å². The van der Waals surface area contributed by atoms with Gasteiger partial charge < -0.3 is 15.0 Å². The highest BCUT2D eigenvalue weighted by molar-refractivity contribution is 5.91. The summed E-state index contributed by atoms with van der Waals surface area (Å²) in [6.07, 6.45) is 0.324. The first-order chi connectivity index (χ1) is 11.5. The molecule has 0 bridgehead atoms. The minimum atomic E-state index is -0.644. The molecule has 1 heterocycles. The third-order valence-corrected chi connectivity index (χ3v) is 3.24. The normalized spacial score (nSPS) is 10.2. The maximum Gasteiger partial charge on any atom is 0.439 e. The summed E-state index contributed by atoms with van der Waals surface area (Å²) in [5, 5.41) is 6.35. The Hall–Kier alpha value is -3.10. The van der Waals surface area contributed by atoms with Crippen molar-refractivity contribution >= 4 is 17.7 Å². The van der Waals surface area contributed by atoms with Crippen molar-refractivity contribution in [2.24, 2.45) is 0 Å². The van der Waals surface area contributed by atoms with Gasteiger partial charge in [-0.25, -0.2) is 9.59 Å². The topological polar surface area (TPSA) is 118 Å². The molecule has 128 valence electrons. The number of anilines is 1. The molecule has 0 atom stereocenters. The van der Waals surface area contributed by atoms with E-state index in [4.69, 9.17) is 0 Å². The van der Waals surface area contributed by atoms with Gasteiger partial charge in [-0.1, -0.05) is 17.3 Å². The molecule has 0 aliphatic carbocycles. The van der Waals surface area contributed by atoms with Gasteiger partial charge in [-0.3, -0.25) is 14.3 Å². The van der Waals surface area contributed by atoms with Crippen LogP contribution in [-0.4, -0.2) is 47.7 Å². The zero-order valence-corrected chi connectivity index (χ0v) is 13.4. The molecule has 0 unspecified atom stereocenters. The fourth-order valence-electron chi connectivity index (χ4n) is 2.05. The van der Waals surface area contributed by atoms with Crippen LogP contribution in [0.4, 0.5) is 10.5 Å². The minimum absolute atomic E-state index is 0.181. The number of methoxy groups -OCH3 is 1. The third kappa shape index (κ3) is 4.70. The molecule has 2 amide bonds. The number of rotatable bonds is 6. The lowest BCUT2D eigenvalue weighted by Crippen LogP contribution is -2.28. The monoisotopic (exact) mass is 334 g/mol. The van der Waals surface area contributed by atoms with Crippen molar-refractivity contribution in [1.29, 1.82) is 0 Å². The summed E-state index contributed by atoms with van der Waals surface area (Å²) in [7, 11) is 2.91. The predicted molar refractivity (Wildman–Crippen MR) is 85.5 cm³/mol. The second-order valence-corrected chi connectivity index (χ2v) is 5.07. The smallest absolute Gasteiger partial charge is 0.439 e. The molecule has 1 aromatic heterocycles. The molecule has 24 heavy (non-hydrogen) atoms. The number of H-pyrrole nitrogens is 1. The summed E-state index contributed by atoms with van der Waals surface area (Å²) in [4.78, 5) is 38.0. The van der Waals surface area contributed by atoms with Crippen molar-refractivity contribution in [2.75, 3.05) is 26.0 Å². The molecule has 2 rings (SSSR count). The molecule has 0 aliphatic heterocycles. The van der Waals surface area contributed by atoms with E-state index in [-0.39, 0.29) is 18.2 Å². The standard InChI is InChI=1S/C15H18N4O5/c1-19(15(22)23-2)8-4-7-12(20)16-11-6-3-5-10(9-11)13-17-14(21)24-18-13/h3,5-6,9H,4,7-8H2,1-2H3,(H,16,20)(H,17,18,21). The van der Waals surface area contributed by atoms with E-state index < -0.39 is 11.8 Å². The summed E-state index contributed by atoms with van der Waals surface area (Å²) < 4.78 is 9.02. The third-order valence-electron chi connectivity index (χ3n) is 3.24. The summed E-state index contributed by atoms with van der Waals surface area (Å²) >= 11 is 0.